The molecule has 1 aromatic heterocycles. The van der Waals surface area contributed by atoms with Crippen molar-refractivity contribution in [2.24, 2.45) is 5.16 Å². The molecule has 0 saturated heterocycles. The van der Waals surface area contributed by atoms with Crippen LogP contribution in [0.1, 0.15) is 27.2 Å². The number of carbonyl (C=O) groups excluding carboxylic acids is 1. The molecule has 1 heterocycles. The lowest BCUT2D eigenvalue weighted by atomic mass is 10.1. The fraction of sp³-hybridized carbons (Fsp3) is 0.0500. The van der Waals surface area contributed by atoms with Gasteiger partial charge in [0, 0.05) is 11.8 Å². The maximum Gasteiger partial charge on any atom is 0.366 e. The largest absolute Gasteiger partial charge is 0.366 e. The zero-order chi connectivity index (χ0) is 16.8. The van der Waals surface area contributed by atoms with Gasteiger partial charge in [-0.25, -0.2) is 4.79 Å². The predicted molar refractivity (Wildman–Crippen MR) is 92.9 cm³/mol. The van der Waals surface area contributed by atoms with Crippen LogP contribution in [0.2, 0.25) is 0 Å². The Balaban J connectivity index is 1.93. The standard InChI is InChI=1S/C20H16N2O2/c1-15-9-5-6-12-17(15)20(23)24-22-19(16-10-3-2-4-11-16)18-13-7-8-14-21-18/h2-14H,1H3. The summed E-state index contributed by atoms with van der Waals surface area (Å²) in [7, 11) is 0. The Morgan fingerprint density at radius 1 is 0.917 bits per heavy atom. The first kappa shape index (κ1) is 15.6. The van der Waals surface area contributed by atoms with Gasteiger partial charge >= 0.3 is 5.97 Å². The Kier molecular flexibility index (Phi) is 4.77. The average Bonchev–Trinajstić information content (AvgIpc) is 2.64. The minimum atomic E-state index is -0.488. The van der Waals surface area contributed by atoms with Crippen molar-refractivity contribution in [3.63, 3.8) is 0 Å². The highest BCUT2D eigenvalue weighted by Crippen LogP contribution is 2.12. The summed E-state index contributed by atoms with van der Waals surface area (Å²) in [5.41, 5.74) is 3.32. The van der Waals surface area contributed by atoms with Crippen molar-refractivity contribution in [3.8, 4) is 0 Å². The van der Waals surface area contributed by atoms with Crippen LogP contribution in [0.5, 0.6) is 0 Å². The topological polar surface area (TPSA) is 51.5 Å². The van der Waals surface area contributed by atoms with Gasteiger partial charge in [-0.2, -0.15) is 0 Å². The van der Waals surface area contributed by atoms with Crippen LogP contribution in [-0.2, 0) is 4.84 Å². The molecule has 0 spiro atoms. The van der Waals surface area contributed by atoms with Gasteiger partial charge in [-0.3, -0.25) is 4.98 Å². The van der Waals surface area contributed by atoms with Gasteiger partial charge in [-0.05, 0) is 30.7 Å². The summed E-state index contributed by atoms with van der Waals surface area (Å²) in [4.78, 5) is 21.8. The molecule has 0 saturated carbocycles. The number of benzene rings is 2. The first-order valence-electron chi connectivity index (χ1n) is 7.57. The number of pyridine rings is 1. The van der Waals surface area contributed by atoms with E-state index < -0.39 is 5.97 Å². The molecule has 4 heteroatoms. The normalized spacial score (nSPS) is 11.1. The molecule has 0 unspecified atom stereocenters. The van der Waals surface area contributed by atoms with Crippen LogP contribution in [0, 0.1) is 6.92 Å². The zero-order valence-corrected chi connectivity index (χ0v) is 13.2. The SMILES string of the molecule is Cc1ccccc1C(=O)ON=C(c1ccccc1)c1ccccn1. The van der Waals surface area contributed by atoms with E-state index in [-0.39, 0.29) is 0 Å². The van der Waals surface area contributed by atoms with Crippen molar-refractivity contribution in [2.75, 3.05) is 0 Å². The fourth-order valence-electron chi connectivity index (χ4n) is 2.28. The van der Waals surface area contributed by atoms with Crippen molar-refractivity contribution < 1.29 is 9.63 Å². The number of aryl methyl sites for hydroxylation is 1. The van der Waals surface area contributed by atoms with E-state index in [0.717, 1.165) is 11.1 Å². The van der Waals surface area contributed by atoms with E-state index in [0.29, 0.717) is 17.0 Å². The third-order valence-corrected chi connectivity index (χ3v) is 3.54. The second-order valence-electron chi connectivity index (χ2n) is 5.21. The lowest BCUT2D eigenvalue weighted by molar-refractivity contribution is 0.0516. The number of hydrogen-bond donors (Lipinski definition) is 0. The molecule has 0 aliphatic rings. The molecule has 0 radical (unpaired) electrons. The summed E-state index contributed by atoms with van der Waals surface area (Å²) in [5.74, 6) is -0.488. The predicted octanol–water partition coefficient (Wildman–Crippen LogP) is 4.00. The molecule has 0 amide bonds. The lowest BCUT2D eigenvalue weighted by Crippen LogP contribution is -2.10. The molecule has 0 aliphatic carbocycles. The van der Waals surface area contributed by atoms with Gasteiger partial charge in [0.2, 0.25) is 0 Å². The number of hydrogen-bond acceptors (Lipinski definition) is 4. The molecule has 24 heavy (non-hydrogen) atoms. The summed E-state index contributed by atoms with van der Waals surface area (Å²) >= 11 is 0. The number of rotatable bonds is 4. The van der Waals surface area contributed by atoms with Crippen molar-refractivity contribution in [1.82, 2.24) is 4.98 Å². The molecular weight excluding hydrogens is 300 g/mol. The minimum absolute atomic E-state index is 0.488. The number of nitrogens with zero attached hydrogens (tertiary/aromatic N) is 2. The van der Waals surface area contributed by atoms with E-state index in [1.165, 1.54) is 0 Å². The quantitative estimate of drug-likeness (QED) is 0.415. The Bertz CT molecular complexity index is 818. The van der Waals surface area contributed by atoms with Crippen LogP contribution in [0.25, 0.3) is 0 Å². The highest BCUT2D eigenvalue weighted by molar-refractivity contribution is 6.11. The van der Waals surface area contributed by atoms with Crippen LogP contribution in [0.15, 0.2) is 84.1 Å². The molecule has 0 N–H and O–H groups in total. The maximum atomic E-state index is 12.3. The highest BCUT2D eigenvalue weighted by atomic mass is 16.7. The van der Waals surface area contributed by atoms with E-state index in [9.17, 15) is 4.79 Å². The molecule has 3 rings (SSSR count). The van der Waals surface area contributed by atoms with E-state index in [4.69, 9.17) is 4.84 Å². The fourth-order valence-corrected chi connectivity index (χ4v) is 2.28. The highest BCUT2D eigenvalue weighted by Gasteiger charge is 2.13. The van der Waals surface area contributed by atoms with Gasteiger partial charge in [0.1, 0.15) is 5.71 Å². The monoisotopic (exact) mass is 316 g/mol. The molecule has 0 bridgehead atoms. The van der Waals surface area contributed by atoms with Gasteiger partial charge in [0.25, 0.3) is 0 Å². The van der Waals surface area contributed by atoms with Crippen LogP contribution >= 0.6 is 0 Å². The van der Waals surface area contributed by atoms with Gasteiger partial charge < -0.3 is 4.84 Å². The average molecular weight is 316 g/mol. The second kappa shape index (κ2) is 7.33. The summed E-state index contributed by atoms with van der Waals surface area (Å²) in [6, 6.07) is 22.3. The number of carbonyl (C=O) groups is 1. The Morgan fingerprint density at radius 3 is 2.33 bits per heavy atom. The van der Waals surface area contributed by atoms with Crippen LogP contribution in [-0.4, -0.2) is 16.7 Å². The van der Waals surface area contributed by atoms with Crippen LogP contribution in [0.4, 0.5) is 0 Å². The van der Waals surface area contributed by atoms with E-state index >= 15 is 0 Å². The van der Waals surface area contributed by atoms with Crippen LogP contribution in [0.3, 0.4) is 0 Å². The minimum Gasteiger partial charge on any atom is -0.312 e. The molecule has 4 nitrogen and oxygen atoms in total. The van der Waals surface area contributed by atoms with Gasteiger partial charge in [0.15, 0.2) is 0 Å². The van der Waals surface area contributed by atoms with Gasteiger partial charge in [0.05, 0.1) is 11.3 Å². The molecule has 0 fully saturated rings. The second-order valence-corrected chi connectivity index (χ2v) is 5.21. The molecule has 0 aliphatic heterocycles. The lowest BCUT2D eigenvalue weighted by Gasteiger charge is -2.06. The van der Waals surface area contributed by atoms with Crippen molar-refractivity contribution >= 4 is 11.7 Å². The molecule has 118 valence electrons. The summed E-state index contributed by atoms with van der Waals surface area (Å²) in [6.07, 6.45) is 1.68. The number of oxime groups is 1. The summed E-state index contributed by atoms with van der Waals surface area (Å²) in [6.45, 7) is 1.86. The Morgan fingerprint density at radius 2 is 1.62 bits per heavy atom. The van der Waals surface area contributed by atoms with E-state index in [1.54, 1.807) is 18.3 Å². The third-order valence-electron chi connectivity index (χ3n) is 3.54. The summed E-state index contributed by atoms with van der Waals surface area (Å²) in [5, 5.41) is 4.09. The molecule has 2 aromatic carbocycles. The van der Waals surface area contributed by atoms with Gasteiger partial charge in [-0.15, -0.1) is 0 Å². The first-order valence-corrected chi connectivity index (χ1v) is 7.57. The molecule has 3 aromatic rings. The van der Waals surface area contributed by atoms with Crippen LogP contribution < -0.4 is 0 Å². The van der Waals surface area contributed by atoms with Crippen molar-refractivity contribution in [1.29, 1.82) is 0 Å². The molecular formula is C20H16N2O2. The Hall–Kier alpha value is -3.27. The maximum absolute atomic E-state index is 12.3. The zero-order valence-electron chi connectivity index (χ0n) is 13.2. The molecule has 0 atom stereocenters. The van der Waals surface area contributed by atoms with E-state index in [2.05, 4.69) is 10.1 Å². The van der Waals surface area contributed by atoms with Crippen molar-refractivity contribution in [2.45, 2.75) is 6.92 Å². The van der Waals surface area contributed by atoms with E-state index in [1.807, 2.05) is 67.6 Å². The summed E-state index contributed by atoms with van der Waals surface area (Å²) < 4.78 is 0. The third kappa shape index (κ3) is 3.55. The van der Waals surface area contributed by atoms with Gasteiger partial charge in [-0.1, -0.05) is 59.8 Å². The smallest absolute Gasteiger partial charge is 0.312 e. The number of aromatic nitrogens is 1. The first-order chi connectivity index (χ1) is 11.8. The van der Waals surface area contributed by atoms with Crippen molar-refractivity contribution in [3.05, 3.63) is 101 Å². The Labute approximate surface area is 140 Å².